The summed E-state index contributed by atoms with van der Waals surface area (Å²) < 4.78 is 13.6. The summed E-state index contributed by atoms with van der Waals surface area (Å²) in [5, 5.41) is 0. The summed E-state index contributed by atoms with van der Waals surface area (Å²) in [4.78, 5) is 0. The van der Waals surface area contributed by atoms with Gasteiger partial charge in [-0.3, -0.25) is 0 Å². The molecule has 0 aliphatic carbocycles. The van der Waals surface area contributed by atoms with Crippen LogP contribution in [0.25, 0.3) is 0 Å². The lowest BCUT2D eigenvalue weighted by Crippen LogP contribution is -2.25. The van der Waals surface area contributed by atoms with Crippen molar-refractivity contribution in [3.63, 3.8) is 0 Å². The number of rotatable bonds is 3. The van der Waals surface area contributed by atoms with Crippen LogP contribution < -0.4 is 5.73 Å². The first-order valence-electron chi connectivity index (χ1n) is 4.70. The van der Waals surface area contributed by atoms with E-state index in [4.69, 9.17) is 5.73 Å². The molecular weight excluding hydrogens is 245 g/mol. The molecule has 0 amide bonds. The highest BCUT2D eigenvalue weighted by Gasteiger charge is 2.10. The van der Waals surface area contributed by atoms with Crippen molar-refractivity contribution in [2.45, 2.75) is 26.3 Å². The maximum atomic E-state index is 12.8. The molecular formula is C11H15BrFN. The number of benzene rings is 1. The Morgan fingerprint density at radius 3 is 2.57 bits per heavy atom. The van der Waals surface area contributed by atoms with Gasteiger partial charge in [-0.1, -0.05) is 28.9 Å². The lowest BCUT2D eigenvalue weighted by atomic mass is 9.96. The SMILES string of the molecule is CC(N)C(C)Cc1ccc(F)cc1Br. The number of halogens is 2. The molecule has 2 N–H and O–H groups in total. The highest BCUT2D eigenvalue weighted by atomic mass is 79.9. The molecule has 0 aromatic heterocycles. The van der Waals surface area contributed by atoms with Crippen LogP contribution >= 0.6 is 15.9 Å². The molecule has 2 atom stereocenters. The van der Waals surface area contributed by atoms with E-state index in [1.807, 2.05) is 6.92 Å². The smallest absolute Gasteiger partial charge is 0.124 e. The zero-order chi connectivity index (χ0) is 10.7. The minimum absolute atomic E-state index is 0.159. The normalized spacial score (nSPS) is 15.2. The lowest BCUT2D eigenvalue weighted by molar-refractivity contribution is 0.480. The van der Waals surface area contributed by atoms with Crippen LogP contribution in [-0.2, 0) is 6.42 Å². The summed E-state index contributed by atoms with van der Waals surface area (Å²) in [6, 6.07) is 4.93. The van der Waals surface area contributed by atoms with Crippen LogP contribution in [-0.4, -0.2) is 6.04 Å². The Hall–Kier alpha value is -0.410. The number of hydrogen-bond acceptors (Lipinski definition) is 1. The maximum absolute atomic E-state index is 12.8. The van der Waals surface area contributed by atoms with Crippen LogP contribution in [0, 0.1) is 11.7 Å². The minimum atomic E-state index is -0.214. The Balaban J connectivity index is 2.77. The molecule has 1 rings (SSSR count). The number of hydrogen-bond donors (Lipinski definition) is 1. The highest BCUT2D eigenvalue weighted by Crippen LogP contribution is 2.21. The average Bonchev–Trinajstić information content (AvgIpc) is 2.09. The Labute approximate surface area is 92.6 Å². The first kappa shape index (κ1) is 11.7. The fraction of sp³-hybridized carbons (Fsp3) is 0.455. The van der Waals surface area contributed by atoms with Gasteiger partial charge in [-0.15, -0.1) is 0 Å². The molecule has 14 heavy (non-hydrogen) atoms. The molecule has 0 heterocycles. The van der Waals surface area contributed by atoms with Gasteiger partial charge in [0.2, 0.25) is 0 Å². The van der Waals surface area contributed by atoms with E-state index in [2.05, 4.69) is 22.9 Å². The second-order valence-electron chi connectivity index (χ2n) is 3.78. The summed E-state index contributed by atoms with van der Waals surface area (Å²) in [5.74, 6) is 0.186. The maximum Gasteiger partial charge on any atom is 0.124 e. The van der Waals surface area contributed by atoms with Crippen molar-refractivity contribution in [1.82, 2.24) is 0 Å². The Morgan fingerprint density at radius 2 is 2.07 bits per heavy atom. The standard InChI is InChI=1S/C11H15BrFN/c1-7(8(2)14)5-9-3-4-10(13)6-11(9)12/h3-4,6-8H,5,14H2,1-2H3. The van der Waals surface area contributed by atoms with Crippen LogP contribution in [0.15, 0.2) is 22.7 Å². The second-order valence-corrected chi connectivity index (χ2v) is 4.63. The van der Waals surface area contributed by atoms with Crippen molar-refractivity contribution >= 4 is 15.9 Å². The molecule has 1 aromatic carbocycles. The molecule has 1 aromatic rings. The van der Waals surface area contributed by atoms with Crippen molar-refractivity contribution in [3.8, 4) is 0 Å². The van der Waals surface area contributed by atoms with Crippen LogP contribution in [0.4, 0.5) is 4.39 Å². The van der Waals surface area contributed by atoms with Gasteiger partial charge in [0.15, 0.2) is 0 Å². The van der Waals surface area contributed by atoms with Gasteiger partial charge in [-0.05, 0) is 37.0 Å². The topological polar surface area (TPSA) is 26.0 Å². The van der Waals surface area contributed by atoms with Crippen molar-refractivity contribution < 1.29 is 4.39 Å². The summed E-state index contributed by atoms with van der Waals surface area (Å²) in [7, 11) is 0. The molecule has 0 aliphatic heterocycles. The highest BCUT2D eigenvalue weighted by molar-refractivity contribution is 9.10. The minimum Gasteiger partial charge on any atom is -0.328 e. The second kappa shape index (κ2) is 4.89. The monoisotopic (exact) mass is 259 g/mol. The molecule has 1 nitrogen and oxygen atoms in total. The fourth-order valence-electron chi connectivity index (χ4n) is 1.22. The summed E-state index contributed by atoms with van der Waals surface area (Å²) in [6.45, 7) is 4.09. The van der Waals surface area contributed by atoms with E-state index in [1.165, 1.54) is 12.1 Å². The van der Waals surface area contributed by atoms with Crippen molar-refractivity contribution in [3.05, 3.63) is 34.1 Å². The van der Waals surface area contributed by atoms with E-state index in [0.29, 0.717) is 5.92 Å². The molecule has 0 aliphatic rings. The van der Waals surface area contributed by atoms with Crippen LogP contribution in [0.5, 0.6) is 0 Å². The first-order valence-corrected chi connectivity index (χ1v) is 5.49. The summed E-state index contributed by atoms with van der Waals surface area (Å²) >= 11 is 3.34. The molecule has 0 saturated carbocycles. The van der Waals surface area contributed by atoms with E-state index < -0.39 is 0 Å². The third kappa shape index (κ3) is 3.07. The summed E-state index contributed by atoms with van der Waals surface area (Å²) in [5.41, 5.74) is 6.88. The Morgan fingerprint density at radius 1 is 1.43 bits per heavy atom. The van der Waals surface area contributed by atoms with Crippen LogP contribution in [0.1, 0.15) is 19.4 Å². The lowest BCUT2D eigenvalue weighted by Gasteiger charge is -2.16. The van der Waals surface area contributed by atoms with E-state index in [1.54, 1.807) is 6.07 Å². The largest absolute Gasteiger partial charge is 0.328 e. The average molecular weight is 260 g/mol. The zero-order valence-electron chi connectivity index (χ0n) is 8.43. The number of nitrogens with two attached hydrogens (primary N) is 1. The van der Waals surface area contributed by atoms with E-state index in [9.17, 15) is 4.39 Å². The molecule has 0 radical (unpaired) electrons. The van der Waals surface area contributed by atoms with Gasteiger partial charge in [0.1, 0.15) is 5.82 Å². The predicted molar refractivity (Wildman–Crippen MR) is 60.6 cm³/mol. The predicted octanol–water partition coefficient (Wildman–Crippen LogP) is 3.11. The molecule has 78 valence electrons. The van der Waals surface area contributed by atoms with Gasteiger partial charge < -0.3 is 5.73 Å². The van der Waals surface area contributed by atoms with Crippen molar-refractivity contribution in [2.24, 2.45) is 11.7 Å². The van der Waals surface area contributed by atoms with Crippen LogP contribution in [0.3, 0.4) is 0 Å². The van der Waals surface area contributed by atoms with E-state index >= 15 is 0 Å². The molecule has 2 unspecified atom stereocenters. The molecule has 0 fully saturated rings. The molecule has 0 saturated heterocycles. The molecule has 0 bridgehead atoms. The van der Waals surface area contributed by atoms with E-state index in [-0.39, 0.29) is 11.9 Å². The molecule has 3 heteroatoms. The van der Waals surface area contributed by atoms with E-state index in [0.717, 1.165) is 16.5 Å². The third-order valence-corrected chi connectivity index (χ3v) is 3.19. The van der Waals surface area contributed by atoms with Gasteiger partial charge in [0.25, 0.3) is 0 Å². The Kier molecular flexibility index (Phi) is 4.08. The molecule has 0 spiro atoms. The van der Waals surface area contributed by atoms with Gasteiger partial charge >= 0.3 is 0 Å². The van der Waals surface area contributed by atoms with Crippen molar-refractivity contribution in [1.29, 1.82) is 0 Å². The quantitative estimate of drug-likeness (QED) is 0.887. The van der Waals surface area contributed by atoms with Gasteiger partial charge in [0.05, 0.1) is 0 Å². The van der Waals surface area contributed by atoms with Gasteiger partial charge in [0, 0.05) is 10.5 Å². The zero-order valence-corrected chi connectivity index (χ0v) is 10.0. The Bertz CT molecular complexity index is 312. The summed E-state index contributed by atoms with van der Waals surface area (Å²) in [6.07, 6.45) is 0.874. The first-order chi connectivity index (χ1) is 6.50. The fourth-order valence-corrected chi connectivity index (χ4v) is 1.73. The van der Waals surface area contributed by atoms with Crippen molar-refractivity contribution in [2.75, 3.05) is 0 Å². The third-order valence-electron chi connectivity index (χ3n) is 2.45. The van der Waals surface area contributed by atoms with Gasteiger partial charge in [-0.25, -0.2) is 4.39 Å². The van der Waals surface area contributed by atoms with Gasteiger partial charge in [-0.2, -0.15) is 0 Å². The van der Waals surface area contributed by atoms with Crippen LogP contribution in [0.2, 0.25) is 0 Å².